The third-order valence-corrected chi connectivity index (χ3v) is 2.04. The normalized spacial score (nSPS) is 13.4. The predicted molar refractivity (Wildman–Crippen MR) is 55.2 cm³/mol. The molecular weight excluding hydrogens is 164 g/mol. The van der Waals surface area contributed by atoms with Gasteiger partial charge in [-0.05, 0) is 47.0 Å². The Morgan fingerprint density at radius 3 is 1.85 bits per heavy atom. The summed E-state index contributed by atoms with van der Waals surface area (Å²) >= 11 is 0. The highest BCUT2D eigenvalue weighted by Crippen LogP contribution is 2.22. The first kappa shape index (κ1) is 12.9. The van der Waals surface area contributed by atoms with E-state index >= 15 is 0 Å². The molecule has 0 aliphatic heterocycles. The molecule has 0 saturated carbocycles. The summed E-state index contributed by atoms with van der Waals surface area (Å²) < 4.78 is 0. The Balaban J connectivity index is 3.86. The summed E-state index contributed by atoms with van der Waals surface area (Å²) in [5, 5.41) is 0. The van der Waals surface area contributed by atoms with Crippen molar-refractivity contribution >= 4 is 0 Å². The Hall–Kier alpha value is -0.0800. The fourth-order valence-electron chi connectivity index (χ4n) is 0.810. The highest BCUT2D eigenvalue weighted by atomic mass is 17.2. The molecule has 79 valence electrons. The van der Waals surface area contributed by atoms with Crippen molar-refractivity contribution in [2.45, 2.75) is 65.6 Å². The molecule has 0 fully saturated rings. The van der Waals surface area contributed by atoms with Crippen molar-refractivity contribution in [3.8, 4) is 0 Å². The van der Waals surface area contributed by atoms with Crippen LogP contribution in [0.15, 0.2) is 0 Å². The average Bonchev–Trinajstić information content (AvgIpc) is 2.02. The van der Waals surface area contributed by atoms with Crippen LogP contribution in [0.1, 0.15) is 54.4 Å². The van der Waals surface area contributed by atoms with Crippen molar-refractivity contribution in [1.82, 2.24) is 0 Å². The molecule has 0 heterocycles. The summed E-state index contributed by atoms with van der Waals surface area (Å²) in [6.45, 7) is 12.2. The van der Waals surface area contributed by atoms with Crippen molar-refractivity contribution in [3.63, 3.8) is 0 Å². The van der Waals surface area contributed by atoms with Crippen LogP contribution < -0.4 is 0 Å². The van der Waals surface area contributed by atoms with E-state index in [1.807, 2.05) is 34.6 Å². The smallest absolute Gasteiger partial charge is 0.0983 e. The van der Waals surface area contributed by atoms with Crippen LogP contribution >= 0.6 is 0 Å². The van der Waals surface area contributed by atoms with E-state index in [1.165, 1.54) is 0 Å². The summed E-state index contributed by atoms with van der Waals surface area (Å²) in [5.41, 5.74) is -0.411. The molecule has 0 unspecified atom stereocenters. The fourth-order valence-corrected chi connectivity index (χ4v) is 0.810. The lowest BCUT2D eigenvalue weighted by Crippen LogP contribution is -2.32. The van der Waals surface area contributed by atoms with Crippen molar-refractivity contribution in [3.05, 3.63) is 6.42 Å². The van der Waals surface area contributed by atoms with Gasteiger partial charge in [-0.25, -0.2) is 9.78 Å². The maximum absolute atomic E-state index is 5.39. The molecule has 0 aliphatic rings. The van der Waals surface area contributed by atoms with Gasteiger partial charge in [-0.15, -0.1) is 0 Å². The quantitative estimate of drug-likeness (QED) is 0.468. The molecule has 0 aromatic carbocycles. The molecule has 0 saturated heterocycles. The molecular formula is C11H23O2. The van der Waals surface area contributed by atoms with Crippen LogP contribution in [0, 0.1) is 6.42 Å². The topological polar surface area (TPSA) is 18.5 Å². The fraction of sp³-hybridized carbons (Fsp3) is 0.909. The molecule has 0 aromatic rings. The van der Waals surface area contributed by atoms with Crippen molar-refractivity contribution in [2.75, 3.05) is 0 Å². The van der Waals surface area contributed by atoms with Gasteiger partial charge in [0.1, 0.15) is 0 Å². The van der Waals surface area contributed by atoms with Gasteiger partial charge in [-0.2, -0.15) is 0 Å². The SMILES string of the molecule is C[CH]CC(C)(C)OOC(C)(C)CC. The van der Waals surface area contributed by atoms with E-state index in [2.05, 4.69) is 13.3 Å². The van der Waals surface area contributed by atoms with Gasteiger partial charge in [0.05, 0.1) is 11.2 Å². The van der Waals surface area contributed by atoms with Gasteiger partial charge in [0.2, 0.25) is 0 Å². The van der Waals surface area contributed by atoms with E-state index in [0.29, 0.717) is 0 Å². The van der Waals surface area contributed by atoms with Gasteiger partial charge in [-0.3, -0.25) is 0 Å². The van der Waals surface area contributed by atoms with Crippen molar-refractivity contribution in [1.29, 1.82) is 0 Å². The molecule has 0 rings (SSSR count). The average molecular weight is 187 g/mol. The molecule has 1 radical (unpaired) electrons. The Bertz CT molecular complexity index is 139. The Morgan fingerprint density at radius 2 is 1.46 bits per heavy atom. The summed E-state index contributed by atoms with van der Waals surface area (Å²) in [7, 11) is 0. The van der Waals surface area contributed by atoms with Crippen LogP contribution in [0.3, 0.4) is 0 Å². The van der Waals surface area contributed by atoms with E-state index < -0.39 is 0 Å². The molecule has 2 nitrogen and oxygen atoms in total. The lowest BCUT2D eigenvalue weighted by Gasteiger charge is -2.29. The van der Waals surface area contributed by atoms with E-state index in [9.17, 15) is 0 Å². The van der Waals surface area contributed by atoms with Gasteiger partial charge in [0.15, 0.2) is 0 Å². The largest absolute Gasteiger partial charge is 0.230 e. The van der Waals surface area contributed by atoms with Crippen LogP contribution in [-0.4, -0.2) is 11.2 Å². The number of hydrogen-bond donors (Lipinski definition) is 0. The van der Waals surface area contributed by atoms with Gasteiger partial charge >= 0.3 is 0 Å². The first-order chi connectivity index (χ1) is 5.83. The van der Waals surface area contributed by atoms with E-state index in [0.717, 1.165) is 12.8 Å². The minimum Gasteiger partial charge on any atom is -0.230 e. The molecule has 2 heteroatoms. The van der Waals surface area contributed by atoms with E-state index in [4.69, 9.17) is 9.78 Å². The van der Waals surface area contributed by atoms with Crippen LogP contribution in [0.5, 0.6) is 0 Å². The Morgan fingerprint density at radius 1 is 1.00 bits per heavy atom. The zero-order chi connectivity index (χ0) is 10.5. The summed E-state index contributed by atoms with van der Waals surface area (Å²) in [5.74, 6) is 0. The van der Waals surface area contributed by atoms with E-state index in [1.54, 1.807) is 0 Å². The van der Waals surface area contributed by atoms with Crippen molar-refractivity contribution in [2.24, 2.45) is 0 Å². The zero-order valence-corrected chi connectivity index (χ0v) is 9.81. The molecule has 13 heavy (non-hydrogen) atoms. The molecule has 0 bridgehead atoms. The highest BCUT2D eigenvalue weighted by Gasteiger charge is 2.24. The maximum Gasteiger partial charge on any atom is 0.0983 e. The first-order valence-electron chi connectivity index (χ1n) is 4.97. The molecule has 0 amide bonds. The lowest BCUT2D eigenvalue weighted by molar-refractivity contribution is -0.400. The van der Waals surface area contributed by atoms with Crippen molar-refractivity contribution < 1.29 is 9.78 Å². The van der Waals surface area contributed by atoms with Crippen LogP contribution in [0.25, 0.3) is 0 Å². The molecule has 0 N–H and O–H groups in total. The Kier molecular flexibility index (Phi) is 4.93. The standard InChI is InChI=1S/C11H23O2/c1-7-9-11(5,6)13-12-10(3,4)8-2/h7H,8-9H2,1-6H3. The first-order valence-corrected chi connectivity index (χ1v) is 4.97. The monoisotopic (exact) mass is 187 g/mol. The van der Waals surface area contributed by atoms with Gasteiger partial charge in [0, 0.05) is 0 Å². The molecule has 0 spiro atoms. The number of hydrogen-bond acceptors (Lipinski definition) is 2. The maximum atomic E-state index is 5.39. The number of rotatable bonds is 6. The minimum absolute atomic E-state index is 0.189. The summed E-state index contributed by atoms with van der Waals surface area (Å²) in [6, 6.07) is 0. The second-order valence-electron chi connectivity index (χ2n) is 4.65. The highest BCUT2D eigenvalue weighted by molar-refractivity contribution is 4.74. The van der Waals surface area contributed by atoms with Crippen LogP contribution in [0.2, 0.25) is 0 Å². The zero-order valence-electron chi connectivity index (χ0n) is 9.81. The predicted octanol–water partition coefficient (Wildman–Crippen LogP) is 3.52. The lowest BCUT2D eigenvalue weighted by atomic mass is 10.0. The van der Waals surface area contributed by atoms with Gasteiger partial charge in [-0.1, -0.05) is 13.8 Å². The molecule has 0 aromatic heterocycles. The summed E-state index contributed by atoms with van der Waals surface area (Å²) in [6.07, 6.45) is 3.92. The van der Waals surface area contributed by atoms with E-state index in [-0.39, 0.29) is 11.2 Å². The summed E-state index contributed by atoms with van der Waals surface area (Å²) in [4.78, 5) is 10.8. The van der Waals surface area contributed by atoms with Gasteiger partial charge < -0.3 is 0 Å². The van der Waals surface area contributed by atoms with Gasteiger partial charge in [0.25, 0.3) is 0 Å². The third kappa shape index (κ3) is 6.05. The molecule has 0 aliphatic carbocycles. The molecule has 0 atom stereocenters. The minimum atomic E-state index is -0.221. The Labute approximate surface area is 82.5 Å². The second kappa shape index (κ2) is 4.97. The third-order valence-electron chi connectivity index (χ3n) is 2.04. The van der Waals surface area contributed by atoms with Crippen LogP contribution in [0.4, 0.5) is 0 Å². The second-order valence-corrected chi connectivity index (χ2v) is 4.65. The van der Waals surface area contributed by atoms with Crippen LogP contribution in [-0.2, 0) is 9.78 Å².